The number of allylic oxidation sites excluding steroid dienone is 2. The zero-order valence-electron chi connectivity index (χ0n) is 30.6. The van der Waals surface area contributed by atoms with Crippen molar-refractivity contribution in [2.45, 2.75) is 128 Å². The summed E-state index contributed by atoms with van der Waals surface area (Å²) in [6.45, 7) is 8.51. The Morgan fingerprint density at radius 1 is 1.13 bits per heavy atom. The van der Waals surface area contributed by atoms with E-state index in [0.29, 0.717) is 43.5 Å². The van der Waals surface area contributed by atoms with Gasteiger partial charge in [0.05, 0.1) is 35.1 Å². The molecular weight excluding hydrogens is 703 g/mol. The number of nitrogens with zero attached hydrogens (tertiary/aromatic N) is 2. The average Bonchev–Trinajstić information content (AvgIpc) is 3.91. The molecule has 5 rings (SSSR count). The number of carbonyl (C=O) groups is 4. The van der Waals surface area contributed by atoms with E-state index in [2.05, 4.69) is 9.71 Å². The van der Waals surface area contributed by atoms with Crippen LogP contribution in [0.1, 0.15) is 98.0 Å². The summed E-state index contributed by atoms with van der Waals surface area (Å²) in [4.78, 5) is 61.5. The molecule has 1 saturated heterocycles. The standard InChI is InChI=1S/C37H50F3N3O8S/c1-22-10-7-8-12-25-19-36(25,33(47)42-52(48,49)35(6)13-14-35)20-29(44)28-17-26(50-31-23(2)11-9-15-41-31)21-43(28)32(46)27(24(3)16-22)18-30(45)51-34(4,5)37(38,39)40/h8-9,11-12,15,22,24-28H,7,10,13-14,16-21H2,1-6H3,(H,42,47)/b12-8-/t22-,24-,25-,26-,27+,28+,36-/m1/s1. The summed E-state index contributed by atoms with van der Waals surface area (Å²) >= 11 is 0. The third kappa shape index (κ3) is 8.33. The number of hydrogen-bond acceptors (Lipinski definition) is 9. The summed E-state index contributed by atoms with van der Waals surface area (Å²) in [7, 11) is -4.00. The van der Waals surface area contributed by atoms with E-state index < -0.39 is 91.8 Å². The van der Waals surface area contributed by atoms with Gasteiger partial charge in [-0.3, -0.25) is 23.9 Å². The van der Waals surface area contributed by atoms with Crippen LogP contribution in [-0.2, 0) is 33.9 Å². The minimum atomic E-state index is -4.85. The lowest BCUT2D eigenvalue weighted by Gasteiger charge is -2.33. The van der Waals surface area contributed by atoms with Gasteiger partial charge in [0.15, 0.2) is 5.78 Å². The van der Waals surface area contributed by atoms with Crippen LogP contribution in [0.2, 0.25) is 0 Å². The molecule has 11 nitrogen and oxygen atoms in total. The van der Waals surface area contributed by atoms with Gasteiger partial charge in [-0.1, -0.05) is 32.1 Å². The summed E-state index contributed by atoms with van der Waals surface area (Å²) in [6, 6.07) is 2.40. The van der Waals surface area contributed by atoms with Crippen LogP contribution in [0.5, 0.6) is 5.88 Å². The second-order valence-corrected chi connectivity index (χ2v) is 18.4. The topological polar surface area (TPSA) is 149 Å². The van der Waals surface area contributed by atoms with Crippen molar-refractivity contribution in [2.24, 2.45) is 29.1 Å². The molecule has 1 aromatic heterocycles. The van der Waals surface area contributed by atoms with E-state index in [-0.39, 0.29) is 31.7 Å². The first-order chi connectivity index (χ1) is 24.1. The predicted octanol–water partition coefficient (Wildman–Crippen LogP) is 5.61. The number of Topliss-reactive ketones (excluding diaryl/α,β-unsaturated/α-hetero) is 1. The zero-order chi connectivity index (χ0) is 38.4. The number of aromatic nitrogens is 1. The number of ketones is 1. The van der Waals surface area contributed by atoms with Crippen molar-refractivity contribution in [3.63, 3.8) is 0 Å². The Morgan fingerprint density at radius 2 is 1.83 bits per heavy atom. The second kappa shape index (κ2) is 14.4. The van der Waals surface area contributed by atoms with Crippen LogP contribution in [-0.4, -0.2) is 77.1 Å². The van der Waals surface area contributed by atoms with Gasteiger partial charge in [0.1, 0.15) is 6.10 Å². The van der Waals surface area contributed by atoms with Gasteiger partial charge in [-0.25, -0.2) is 13.4 Å². The molecule has 1 N–H and O–H groups in total. The molecular formula is C37H50F3N3O8S. The van der Waals surface area contributed by atoms with E-state index >= 15 is 0 Å². The molecule has 3 heterocycles. The highest BCUT2D eigenvalue weighted by molar-refractivity contribution is 7.91. The van der Waals surface area contributed by atoms with Gasteiger partial charge in [-0.2, -0.15) is 13.2 Å². The minimum absolute atomic E-state index is 0.0260. The number of nitrogens with one attached hydrogen (secondary N) is 1. The van der Waals surface area contributed by atoms with Crippen molar-refractivity contribution in [1.29, 1.82) is 0 Å². The first-order valence-corrected chi connectivity index (χ1v) is 19.5. The Hall–Kier alpha value is -3.49. The monoisotopic (exact) mass is 753 g/mol. The molecule has 2 amide bonds. The molecule has 288 valence electrons. The molecule has 1 aromatic rings. The van der Waals surface area contributed by atoms with Crippen molar-refractivity contribution in [3.05, 3.63) is 36.0 Å². The van der Waals surface area contributed by atoms with Gasteiger partial charge >= 0.3 is 12.1 Å². The average molecular weight is 754 g/mol. The second-order valence-electron chi connectivity index (χ2n) is 16.2. The predicted molar refractivity (Wildman–Crippen MR) is 184 cm³/mol. The van der Waals surface area contributed by atoms with Gasteiger partial charge in [0.25, 0.3) is 0 Å². The molecule has 7 atom stereocenters. The summed E-state index contributed by atoms with van der Waals surface area (Å²) in [6.07, 6.45) is 1.63. The molecule has 3 fully saturated rings. The number of pyridine rings is 1. The minimum Gasteiger partial charge on any atom is -0.472 e. The number of ether oxygens (including phenoxy) is 2. The Bertz CT molecular complexity index is 1710. The molecule has 0 unspecified atom stereocenters. The van der Waals surface area contributed by atoms with Crippen molar-refractivity contribution in [2.75, 3.05) is 6.54 Å². The largest absolute Gasteiger partial charge is 0.472 e. The molecule has 15 heteroatoms. The maximum atomic E-state index is 14.6. The number of alkyl halides is 3. The Labute approximate surface area is 303 Å². The van der Waals surface area contributed by atoms with E-state index in [9.17, 15) is 40.8 Å². The molecule has 0 spiro atoms. The van der Waals surface area contributed by atoms with Crippen LogP contribution in [0.25, 0.3) is 0 Å². The van der Waals surface area contributed by atoms with Crippen molar-refractivity contribution < 1.29 is 50.2 Å². The summed E-state index contributed by atoms with van der Waals surface area (Å²) in [5.41, 5.74) is -3.42. The summed E-state index contributed by atoms with van der Waals surface area (Å²) in [5, 5.41) is 0. The lowest BCUT2D eigenvalue weighted by molar-refractivity contribution is -0.257. The third-order valence-electron chi connectivity index (χ3n) is 11.5. The quantitative estimate of drug-likeness (QED) is 0.264. The highest BCUT2D eigenvalue weighted by Crippen LogP contribution is 2.57. The first-order valence-electron chi connectivity index (χ1n) is 18.0. The first kappa shape index (κ1) is 39.7. The Morgan fingerprint density at radius 3 is 2.46 bits per heavy atom. The fourth-order valence-electron chi connectivity index (χ4n) is 7.40. The molecule has 0 aromatic carbocycles. The highest BCUT2D eigenvalue weighted by Gasteiger charge is 2.63. The highest BCUT2D eigenvalue weighted by atomic mass is 32.2. The van der Waals surface area contributed by atoms with Crippen LogP contribution in [0.4, 0.5) is 13.2 Å². The number of sulfonamides is 1. The van der Waals surface area contributed by atoms with E-state index in [4.69, 9.17) is 9.47 Å². The number of hydrogen-bond donors (Lipinski definition) is 1. The van der Waals surface area contributed by atoms with Crippen LogP contribution in [0.3, 0.4) is 0 Å². The number of carbonyl (C=O) groups excluding carboxylic acids is 4. The molecule has 4 aliphatic rings. The lowest BCUT2D eigenvalue weighted by Crippen LogP contribution is -2.48. The fourth-order valence-corrected chi connectivity index (χ4v) is 8.73. The van der Waals surface area contributed by atoms with Crippen LogP contribution >= 0.6 is 0 Å². The van der Waals surface area contributed by atoms with E-state index in [0.717, 1.165) is 13.8 Å². The van der Waals surface area contributed by atoms with Gasteiger partial charge in [-0.05, 0) is 90.0 Å². The normalized spacial score (nSPS) is 31.7. The van der Waals surface area contributed by atoms with Gasteiger partial charge in [-0.15, -0.1) is 0 Å². The molecule has 0 bridgehead atoms. The third-order valence-corrected chi connectivity index (χ3v) is 13.6. The number of rotatable bonds is 8. The van der Waals surface area contributed by atoms with E-state index in [1.807, 2.05) is 19.1 Å². The van der Waals surface area contributed by atoms with Crippen molar-refractivity contribution in [3.8, 4) is 5.88 Å². The molecule has 52 heavy (non-hydrogen) atoms. The smallest absolute Gasteiger partial charge is 0.427 e. The fraction of sp³-hybridized carbons (Fsp3) is 0.703. The SMILES string of the molecule is Cc1cccnc1O[C@@H]1C[C@H]2C(=O)C[C@]3(C(=O)NS(=O)(=O)C4(C)CC4)C[C@H]3/C=C\CC[C@@H](C)C[C@@H](C)[C@H](CC(=O)OC(C)(C)C(F)(F)F)C(=O)N2C1. The van der Waals surface area contributed by atoms with Gasteiger partial charge in [0.2, 0.25) is 33.3 Å². The number of fused-ring (bicyclic) bond motifs is 2. The summed E-state index contributed by atoms with van der Waals surface area (Å²) in [5.74, 6) is -4.69. The van der Waals surface area contributed by atoms with E-state index in [1.54, 1.807) is 39.1 Å². The Balaban J connectivity index is 1.49. The van der Waals surface area contributed by atoms with Crippen LogP contribution in [0, 0.1) is 36.0 Å². The van der Waals surface area contributed by atoms with Crippen LogP contribution in [0.15, 0.2) is 30.5 Å². The Kier molecular flexibility index (Phi) is 11.0. The van der Waals surface area contributed by atoms with Crippen LogP contribution < -0.4 is 9.46 Å². The number of halogens is 3. The molecule has 2 aliphatic carbocycles. The maximum absolute atomic E-state index is 14.6. The number of amides is 2. The maximum Gasteiger partial charge on any atom is 0.427 e. The van der Waals surface area contributed by atoms with Crippen molar-refractivity contribution >= 4 is 33.6 Å². The number of aryl methyl sites for hydroxylation is 1. The molecule has 0 radical (unpaired) electrons. The zero-order valence-corrected chi connectivity index (χ0v) is 31.4. The lowest BCUT2D eigenvalue weighted by atomic mass is 9.82. The van der Waals surface area contributed by atoms with Gasteiger partial charge < -0.3 is 14.4 Å². The van der Waals surface area contributed by atoms with Gasteiger partial charge in [0, 0.05) is 24.6 Å². The van der Waals surface area contributed by atoms with E-state index in [1.165, 1.54) is 4.90 Å². The van der Waals surface area contributed by atoms with Crippen molar-refractivity contribution in [1.82, 2.24) is 14.6 Å². The molecule has 2 saturated carbocycles. The number of esters is 1. The summed E-state index contributed by atoms with van der Waals surface area (Å²) < 4.78 is 79.4. The molecule has 2 aliphatic heterocycles.